The Labute approximate surface area is 82.3 Å². The van der Waals surface area contributed by atoms with Crippen LogP contribution in [0.15, 0.2) is 18.7 Å². The largest absolute Gasteiger partial charge is 0.197 e. The van der Waals surface area contributed by atoms with Gasteiger partial charge in [0, 0.05) is 5.92 Å². The molecular weight excluding hydrogens is 176 g/mol. The van der Waals surface area contributed by atoms with Crippen molar-refractivity contribution in [3.63, 3.8) is 0 Å². The average Bonchev–Trinajstić information content (AvgIpc) is 2.59. The maximum absolute atomic E-state index is 4.35. The van der Waals surface area contributed by atoms with Crippen molar-refractivity contribution in [2.24, 2.45) is 0 Å². The summed E-state index contributed by atoms with van der Waals surface area (Å²) in [4.78, 5) is 0. The van der Waals surface area contributed by atoms with E-state index in [9.17, 15) is 0 Å². The van der Waals surface area contributed by atoms with Crippen molar-refractivity contribution in [3.8, 4) is 0 Å². The molecule has 2 heterocycles. The Morgan fingerprint density at radius 1 is 1.36 bits per heavy atom. The van der Waals surface area contributed by atoms with Gasteiger partial charge in [-0.3, -0.25) is 0 Å². The van der Waals surface area contributed by atoms with Crippen molar-refractivity contribution in [1.82, 2.24) is 19.8 Å². The summed E-state index contributed by atoms with van der Waals surface area (Å²) in [6, 6.07) is 3.77. The van der Waals surface area contributed by atoms with Gasteiger partial charge in [0.1, 0.15) is 0 Å². The first-order valence-corrected chi connectivity index (χ1v) is 4.57. The quantitative estimate of drug-likeness (QED) is 0.722. The van der Waals surface area contributed by atoms with Crippen molar-refractivity contribution in [1.29, 1.82) is 0 Å². The lowest BCUT2D eigenvalue weighted by Gasteiger charge is -2.01. The molecule has 4 nitrogen and oxygen atoms in total. The zero-order chi connectivity index (χ0) is 10.1. The molecule has 0 saturated heterocycles. The van der Waals surface area contributed by atoms with Crippen molar-refractivity contribution >= 4 is 11.7 Å². The summed E-state index contributed by atoms with van der Waals surface area (Å²) in [7, 11) is 0. The summed E-state index contributed by atoms with van der Waals surface area (Å²) < 4.78 is 1.77. The molecule has 0 saturated carbocycles. The number of fused-ring (bicyclic) bond motifs is 1. The van der Waals surface area contributed by atoms with E-state index in [1.54, 1.807) is 10.6 Å². The lowest BCUT2D eigenvalue weighted by atomic mass is 10.2. The van der Waals surface area contributed by atoms with E-state index >= 15 is 0 Å². The maximum Gasteiger partial charge on any atom is 0.177 e. The van der Waals surface area contributed by atoms with Gasteiger partial charge in [-0.05, 0) is 18.2 Å². The summed E-state index contributed by atoms with van der Waals surface area (Å²) in [5.74, 6) is 1.20. The number of nitrogens with zero attached hydrogens (tertiary/aromatic N) is 4. The Morgan fingerprint density at radius 2 is 2.14 bits per heavy atom. The molecule has 0 bridgehead atoms. The van der Waals surface area contributed by atoms with Gasteiger partial charge < -0.3 is 0 Å². The van der Waals surface area contributed by atoms with Crippen LogP contribution in [-0.4, -0.2) is 19.8 Å². The van der Waals surface area contributed by atoms with Gasteiger partial charge in [0.2, 0.25) is 0 Å². The van der Waals surface area contributed by atoms with Crippen LogP contribution in [0, 0.1) is 0 Å². The van der Waals surface area contributed by atoms with Crippen LogP contribution in [0.25, 0.3) is 11.7 Å². The summed E-state index contributed by atoms with van der Waals surface area (Å²) in [6.45, 7) is 7.82. The second-order valence-corrected chi connectivity index (χ2v) is 3.45. The number of hydrogen-bond donors (Lipinski definition) is 0. The van der Waals surface area contributed by atoms with Crippen LogP contribution < -0.4 is 0 Å². The van der Waals surface area contributed by atoms with E-state index in [4.69, 9.17) is 0 Å². The van der Waals surface area contributed by atoms with Crippen molar-refractivity contribution in [2.45, 2.75) is 19.8 Å². The normalized spacial score (nSPS) is 11.1. The lowest BCUT2D eigenvalue weighted by Crippen LogP contribution is -2.01. The zero-order valence-electron chi connectivity index (χ0n) is 8.31. The summed E-state index contributed by atoms with van der Waals surface area (Å²) >= 11 is 0. The van der Waals surface area contributed by atoms with Crippen LogP contribution in [-0.2, 0) is 0 Å². The van der Waals surface area contributed by atoms with Crippen LogP contribution >= 0.6 is 0 Å². The van der Waals surface area contributed by atoms with E-state index in [0.29, 0.717) is 5.92 Å². The second kappa shape index (κ2) is 3.21. The molecule has 2 rings (SSSR count). The van der Waals surface area contributed by atoms with Gasteiger partial charge >= 0.3 is 0 Å². The Morgan fingerprint density at radius 3 is 2.79 bits per heavy atom. The first-order valence-electron chi connectivity index (χ1n) is 4.57. The van der Waals surface area contributed by atoms with Gasteiger partial charge in [0.15, 0.2) is 11.5 Å². The molecule has 0 atom stereocenters. The molecule has 0 radical (unpaired) electrons. The first-order chi connectivity index (χ1) is 6.72. The lowest BCUT2D eigenvalue weighted by molar-refractivity contribution is 0.719. The van der Waals surface area contributed by atoms with Gasteiger partial charge in [0.05, 0.1) is 5.69 Å². The van der Waals surface area contributed by atoms with Crippen LogP contribution in [0.1, 0.15) is 31.3 Å². The predicted octanol–water partition coefficient (Wildman–Crippen LogP) is 1.89. The molecule has 0 aliphatic heterocycles. The smallest absolute Gasteiger partial charge is 0.177 e. The van der Waals surface area contributed by atoms with E-state index in [-0.39, 0.29) is 0 Å². The maximum atomic E-state index is 4.35. The highest BCUT2D eigenvalue weighted by Crippen LogP contribution is 2.12. The molecule has 0 aliphatic carbocycles. The topological polar surface area (TPSA) is 43.1 Å². The van der Waals surface area contributed by atoms with Crippen molar-refractivity contribution < 1.29 is 0 Å². The van der Waals surface area contributed by atoms with E-state index in [2.05, 4.69) is 35.7 Å². The number of rotatable bonds is 2. The molecule has 0 fully saturated rings. The molecule has 4 heteroatoms. The Bertz CT molecular complexity index is 470. The third-order valence-corrected chi connectivity index (χ3v) is 2.03. The number of aromatic nitrogens is 4. The Hall–Kier alpha value is -1.71. The molecule has 0 aromatic carbocycles. The van der Waals surface area contributed by atoms with E-state index in [1.165, 1.54) is 0 Å². The summed E-state index contributed by atoms with van der Waals surface area (Å²) in [5, 5.41) is 12.5. The minimum Gasteiger partial charge on any atom is -0.197 e. The van der Waals surface area contributed by atoms with Gasteiger partial charge in [-0.15, -0.1) is 10.2 Å². The molecule has 72 valence electrons. The van der Waals surface area contributed by atoms with Crippen molar-refractivity contribution in [2.75, 3.05) is 0 Å². The molecule has 0 amide bonds. The Kier molecular flexibility index (Phi) is 2.04. The van der Waals surface area contributed by atoms with Gasteiger partial charge in [-0.25, -0.2) is 0 Å². The van der Waals surface area contributed by atoms with Gasteiger partial charge in [-0.2, -0.15) is 9.61 Å². The summed E-state index contributed by atoms with van der Waals surface area (Å²) in [6.07, 6.45) is 1.71. The fraction of sp³-hybridized carbons (Fsp3) is 0.300. The molecular formula is C10H12N4. The number of hydrogen-bond acceptors (Lipinski definition) is 3. The van der Waals surface area contributed by atoms with Gasteiger partial charge in [0.25, 0.3) is 0 Å². The van der Waals surface area contributed by atoms with Crippen LogP contribution in [0.5, 0.6) is 0 Å². The second-order valence-electron chi connectivity index (χ2n) is 3.45. The fourth-order valence-corrected chi connectivity index (χ4v) is 1.29. The monoisotopic (exact) mass is 188 g/mol. The minimum absolute atomic E-state index is 0.317. The summed E-state index contributed by atoms with van der Waals surface area (Å²) in [5.41, 5.74) is 1.61. The van der Waals surface area contributed by atoms with Crippen molar-refractivity contribution in [3.05, 3.63) is 30.2 Å². The molecule has 0 unspecified atom stereocenters. The fourth-order valence-electron chi connectivity index (χ4n) is 1.29. The average molecular weight is 188 g/mol. The van der Waals surface area contributed by atoms with Crippen LogP contribution in [0.3, 0.4) is 0 Å². The zero-order valence-corrected chi connectivity index (χ0v) is 8.31. The van der Waals surface area contributed by atoms with Crippen LogP contribution in [0.4, 0.5) is 0 Å². The highest BCUT2D eigenvalue weighted by atomic mass is 15.4. The third kappa shape index (κ3) is 1.28. The minimum atomic E-state index is 0.317. The molecule has 0 N–H and O–H groups in total. The highest BCUT2D eigenvalue weighted by Gasteiger charge is 2.09. The molecule has 2 aromatic rings. The highest BCUT2D eigenvalue weighted by molar-refractivity contribution is 5.45. The van der Waals surface area contributed by atoms with Crippen LogP contribution in [0.2, 0.25) is 0 Å². The standard InChI is InChI=1S/C10H12N4/c1-4-8-5-6-9-11-12-10(7(2)3)14(9)13-8/h4-7H,1H2,2-3H3. The Balaban J connectivity index is 2.69. The third-order valence-electron chi connectivity index (χ3n) is 2.03. The first kappa shape index (κ1) is 8.87. The molecule has 0 spiro atoms. The molecule has 0 aliphatic rings. The predicted molar refractivity (Wildman–Crippen MR) is 55.0 cm³/mol. The van der Waals surface area contributed by atoms with E-state index in [1.807, 2.05) is 12.1 Å². The molecule has 14 heavy (non-hydrogen) atoms. The SMILES string of the molecule is C=Cc1ccc2nnc(C(C)C)n2n1. The van der Waals surface area contributed by atoms with E-state index in [0.717, 1.165) is 17.2 Å². The van der Waals surface area contributed by atoms with Gasteiger partial charge in [-0.1, -0.05) is 20.4 Å². The van der Waals surface area contributed by atoms with E-state index < -0.39 is 0 Å². The molecule has 2 aromatic heterocycles.